The number of aliphatic hydroxyl groups excluding tert-OH is 1. The largest absolute Gasteiger partial charge is 0.461 e. The predicted molar refractivity (Wildman–Crippen MR) is 83.6 cm³/mol. The molecule has 2 heterocycles. The van der Waals surface area contributed by atoms with Crippen molar-refractivity contribution in [2.75, 3.05) is 31.7 Å². The first-order chi connectivity index (χ1) is 10.9. The molecule has 0 saturated heterocycles. The van der Waals surface area contributed by atoms with E-state index in [-0.39, 0.29) is 6.61 Å². The topological polar surface area (TPSA) is 80.4 Å². The van der Waals surface area contributed by atoms with Crippen LogP contribution in [0.3, 0.4) is 0 Å². The Bertz CT molecular complexity index is 729. The summed E-state index contributed by atoms with van der Waals surface area (Å²) in [4.78, 5) is 9.07. The van der Waals surface area contributed by atoms with Crippen molar-refractivity contribution in [3.8, 4) is 11.6 Å². The van der Waals surface area contributed by atoms with Crippen LogP contribution in [-0.2, 0) is 4.74 Å². The van der Waals surface area contributed by atoms with E-state index in [0.717, 1.165) is 16.7 Å². The molecule has 0 aliphatic rings. The molecule has 0 saturated carbocycles. The Morgan fingerprint density at radius 2 is 2.00 bits per heavy atom. The fraction of sp³-hybridized carbons (Fsp3) is 0.250. The zero-order valence-corrected chi connectivity index (χ0v) is 12.0. The van der Waals surface area contributed by atoms with Crippen molar-refractivity contribution >= 4 is 16.7 Å². The maximum atomic E-state index is 8.69. The van der Waals surface area contributed by atoms with E-state index in [1.165, 1.54) is 0 Å². The molecule has 0 aliphatic carbocycles. The van der Waals surface area contributed by atoms with Gasteiger partial charge in [0.25, 0.3) is 0 Å². The van der Waals surface area contributed by atoms with Gasteiger partial charge < -0.3 is 19.6 Å². The number of nitrogens with one attached hydrogen (secondary N) is 1. The van der Waals surface area contributed by atoms with Gasteiger partial charge in [-0.15, -0.1) is 0 Å². The Hall–Kier alpha value is -2.44. The fourth-order valence-corrected chi connectivity index (χ4v) is 2.14. The Kier molecular flexibility index (Phi) is 4.62. The van der Waals surface area contributed by atoms with Crippen LogP contribution in [0.25, 0.3) is 22.5 Å². The molecule has 114 valence electrons. The molecule has 6 nitrogen and oxygen atoms in total. The molecule has 3 rings (SSSR count). The minimum absolute atomic E-state index is 0.0269. The van der Waals surface area contributed by atoms with Crippen LogP contribution in [0.4, 0.5) is 5.82 Å². The molecule has 0 unspecified atom stereocenters. The van der Waals surface area contributed by atoms with Gasteiger partial charge in [-0.1, -0.05) is 12.1 Å². The van der Waals surface area contributed by atoms with E-state index in [0.29, 0.717) is 31.3 Å². The summed E-state index contributed by atoms with van der Waals surface area (Å²) >= 11 is 0. The van der Waals surface area contributed by atoms with E-state index in [4.69, 9.17) is 14.3 Å². The summed E-state index contributed by atoms with van der Waals surface area (Å²) in [7, 11) is 0. The minimum atomic E-state index is 0.0269. The van der Waals surface area contributed by atoms with E-state index < -0.39 is 0 Å². The second-order valence-corrected chi connectivity index (χ2v) is 4.65. The summed E-state index contributed by atoms with van der Waals surface area (Å²) in [5, 5.41) is 12.9. The Labute approximate surface area is 127 Å². The van der Waals surface area contributed by atoms with Gasteiger partial charge in [-0.2, -0.15) is 0 Å². The maximum absolute atomic E-state index is 8.69. The monoisotopic (exact) mass is 299 g/mol. The van der Waals surface area contributed by atoms with Crippen LogP contribution in [0.15, 0.2) is 47.1 Å². The van der Waals surface area contributed by atoms with Crippen molar-refractivity contribution in [2.45, 2.75) is 0 Å². The van der Waals surface area contributed by atoms with Gasteiger partial charge in [0.2, 0.25) is 0 Å². The van der Waals surface area contributed by atoms with E-state index in [2.05, 4.69) is 15.3 Å². The van der Waals surface area contributed by atoms with Crippen molar-refractivity contribution in [1.82, 2.24) is 9.97 Å². The van der Waals surface area contributed by atoms with Crippen LogP contribution in [0.1, 0.15) is 0 Å². The number of aromatic nitrogens is 2. The van der Waals surface area contributed by atoms with Crippen LogP contribution in [0.5, 0.6) is 0 Å². The van der Waals surface area contributed by atoms with Crippen LogP contribution in [-0.4, -0.2) is 41.4 Å². The third-order valence-corrected chi connectivity index (χ3v) is 3.12. The summed E-state index contributed by atoms with van der Waals surface area (Å²) in [6, 6.07) is 11.4. The number of aliphatic hydroxyl groups is 1. The fourth-order valence-electron chi connectivity index (χ4n) is 2.14. The van der Waals surface area contributed by atoms with Gasteiger partial charge >= 0.3 is 0 Å². The average molecular weight is 299 g/mol. The Balaban J connectivity index is 1.86. The lowest BCUT2D eigenvalue weighted by Gasteiger charge is -2.10. The number of anilines is 1. The highest BCUT2D eigenvalue weighted by atomic mass is 16.5. The molecule has 0 fully saturated rings. The number of fused-ring (bicyclic) bond motifs is 1. The molecule has 0 radical (unpaired) electrons. The molecule has 0 aliphatic heterocycles. The smallest absolute Gasteiger partial charge is 0.198 e. The summed E-state index contributed by atoms with van der Waals surface area (Å²) in [5.74, 6) is 1.91. The van der Waals surface area contributed by atoms with Crippen molar-refractivity contribution in [2.24, 2.45) is 0 Å². The van der Waals surface area contributed by atoms with Crippen molar-refractivity contribution in [3.63, 3.8) is 0 Å². The summed E-state index contributed by atoms with van der Waals surface area (Å²) in [6.45, 7) is 1.45. The number of rotatable bonds is 7. The first-order valence-electron chi connectivity index (χ1n) is 7.11. The highest BCUT2D eigenvalue weighted by molar-refractivity contribution is 5.90. The number of ether oxygens (including phenoxy) is 1. The molecule has 3 aromatic rings. The van der Waals surface area contributed by atoms with Crippen molar-refractivity contribution < 1.29 is 14.3 Å². The number of hydrogen-bond donors (Lipinski definition) is 2. The molecule has 22 heavy (non-hydrogen) atoms. The molecular weight excluding hydrogens is 282 g/mol. The van der Waals surface area contributed by atoms with Crippen LogP contribution in [0.2, 0.25) is 0 Å². The summed E-state index contributed by atoms with van der Waals surface area (Å²) in [6.07, 6.45) is 1.60. The van der Waals surface area contributed by atoms with Gasteiger partial charge in [-0.25, -0.2) is 9.97 Å². The Morgan fingerprint density at radius 1 is 1.09 bits per heavy atom. The zero-order valence-electron chi connectivity index (χ0n) is 12.0. The number of furan rings is 1. The zero-order chi connectivity index (χ0) is 15.2. The lowest BCUT2D eigenvalue weighted by atomic mass is 10.2. The first kappa shape index (κ1) is 14.5. The third-order valence-electron chi connectivity index (χ3n) is 3.12. The normalized spacial score (nSPS) is 11.0. The molecule has 2 N–H and O–H groups in total. The summed E-state index contributed by atoms with van der Waals surface area (Å²) < 4.78 is 10.6. The maximum Gasteiger partial charge on any atom is 0.198 e. The van der Waals surface area contributed by atoms with E-state index >= 15 is 0 Å². The standard InChI is InChI=1S/C16H17N3O3/c20-8-11-21-10-7-17-15-12-4-1-2-5-13(12)18-16(19-15)14-6-3-9-22-14/h1-6,9,20H,7-8,10-11H2,(H,17,18,19). The second-order valence-electron chi connectivity index (χ2n) is 4.65. The Morgan fingerprint density at radius 3 is 2.82 bits per heavy atom. The van der Waals surface area contributed by atoms with Crippen molar-refractivity contribution in [3.05, 3.63) is 42.7 Å². The number of benzene rings is 1. The molecule has 0 bridgehead atoms. The number of nitrogens with zero attached hydrogens (tertiary/aromatic N) is 2. The molecule has 6 heteroatoms. The SMILES string of the molecule is OCCOCCNc1nc(-c2ccco2)nc2ccccc12. The first-order valence-corrected chi connectivity index (χ1v) is 7.11. The summed E-state index contributed by atoms with van der Waals surface area (Å²) in [5.41, 5.74) is 0.850. The quantitative estimate of drug-likeness (QED) is 0.652. The number of para-hydroxylation sites is 1. The van der Waals surface area contributed by atoms with Crippen LogP contribution in [0, 0.1) is 0 Å². The van der Waals surface area contributed by atoms with Gasteiger partial charge in [0.05, 0.1) is 31.6 Å². The van der Waals surface area contributed by atoms with Gasteiger partial charge in [-0.05, 0) is 24.3 Å². The van der Waals surface area contributed by atoms with Gasteiger partial charge in [0.15, 0.2) is 11.6 Å². The second kappa shape index (κ2) is 7.02. The van der Waals surface area contributed by atoms with Gasteiger partial charge in [-0.3, -0.25) is 0 Å². The van der Waals surface area contributed by atoms with Crippen LogP contribution >= 0.6 is 0 Å². The molecule has 0 atom stereocenters. The lowest BCUT2D eigenvalue weighted by molar-refractivity contribution is 0.0992. The van der Waals surface area contributed by atoms with Gasteiger partial charge in [0, 0.05) is 11.9 Å². The molecule has 0 spiro atoms. The van der Waals surface area contributed by atoms with E-state index in [1.807, 2.05) is 36.4 Å². The minimum Gasteiger partial charge on any atom is -0.461 e. The van der Waals surface area contributed by atoms with E-state index in [1.54, 1.807) is 6.26 Å². The molecule has 1 aromatic carbocycles. The molecule has 2 aromatic heterocycles. The van der Waals surface area contributed by atoms with Crippen molar-refractivity contribution in [1.29, 1.82) is 0 Å². The highest BCUT2D eigenvalue weighted by Crippen LogP contribution is 2.24. The lowest BCUT2D eigenvalue weighted by Crippen LogP contribution is -2.12. The number of hydrogen-bond acceptors (Lipinski definition) is 6. The van der Waals surface area contributed by atoms with E-state index in [9.17, 15) is 0 Å². The molecular formula is C16H17N3O3. The average Bonchev–Trinajstić information content (AvgIpc) is 3.09. The third kappa shape index (κ3) is 3.24. The molecule has 0 amide bonds. The van der Waals surface area contributed by atoms with Crippen LogP contribution < -0.4 is 5.32 Å². The van der Waals surface area contributed by atoms with Gasteiger partial charge in [0.1, 0.15) is 5.82 Å². The highest BCUT2D eigenvalue weighted by Gasteiger charge is 2.10. The predicted octanol–water partition coefficient (Wildman–Crippen LogP) is 2.31.